The van der Waals surface area contributed by atoms with Crippen LogP contribution in [0, 0.1) is 0 Å². The van der Waals surface area contributed by atoms with Crippen LogP contribution in [0.1, 0.15) is 200 Å². The zero-order valence-electron chi connectivity index (χ0n) is 31.5. The second-order valence-corrected chi connectivity index (χ2v) is 13.4. The summed E-state index contributed by atoms with van der Waals surface area (Å²) in [5.74, 6) is -0.835. The summed E-state index contributed by atoms with van der Waals surface area (Å²) in [7, 11) is 0. The first kappa shape index (κ1) is 45.6. The smallest absolute Gasteiger partial charge is 0.306 e. The van der Waals surface area contributed by atoms with Crippen molar-refractivity contribution in [2.24, 2.45) is 0 Å². The molecular formula is C44H76O4. The van der Waals surface area contributed by atoms with Gasteiger partial charge < -0.3 is 9.84 Å². The number of aliphatic carboxylic acids is 1. The number of unbranched alkanes of at least 4 members (excludes halogenated alkanes) is 17. The predicted molar refractivity (Wildman–Crippen MR) is 208 cm³/mol. The number of allylic oxidation sites excluding steroid dienone is 10. The number of carbonyl (C=O) groups excluding carboxylic acids is 1. The van der Waals surface area contributed by atoms with Gasteiger partial charge in [0.15, 0.2) is 0 Å². The molecule has 0 fully saturated rings. The molecule has 0 aliphatic carbocycles. The van der Waals surface area contributed by atoms with E-state index in [4.69, 9.17) is 9.84 Å². The summed E-state index contributed by atoms with van der Waals surface area (Å²) in [6, 6.07) is 0. The van der Waals surface area contributed by atoms with E-state index < -0.39 is 5.97 Å². The average Bonchev–Trinajstić information content (AvgIpc) is 3.07. The molecule has 4 nitrogen and oxygen atoms in total. The van der Waals surface area contributed by atoms with Crippen LogP contribution >= 0.6 is 0 Å². The molecule has 1 N–H and O–H groups in total. The van der Waals surface area contributed by atoms with Gasteiger partial charge in [0.05, 0.1) is 0 Å². The van der Waals surface area contributed by atoms with Gasteiger partial charge in [-0.25, -0.2) is 0 Å². The summed E-state index contributed by atoms with van der Waals surface area (Å²) in [5, 5.41) is 8.96. The van der Waals surface area contributed by atoms with Crippen molar-refractivity contribution in [2.45, 2.75) is 206 Å². The van der Waals surface area contributed by atoms with Crippen LogP contribution in [0.3, 0.4) is 0 Å². The number of carboxylic acid groups (broad SMARTS) is 1. The maximum absolute atomic E-state index is 12.6. The van der Waals surface area contributed by atoms with Crippen molar-refractivity contribution in [2.75, 3.05) is 0 Å². The van der Waals surface area contributed by atoms with E-state index in [0.29, 0.717) is 12.8 Å². The monoisotopic (exact) mass is 669 g/mol. The first-order chi connectivity index (χ1) is 23.6. The summed E-state index contributed by atoms with van der Waals surface area (Å²) < 4.78 is 5.89. The minimum Gasteiger partial charge on any atom is -0.481 e. The Balaban J connectivity index is 3.97. The van der Waals surface area contributed by atoms with Crippen LogP contribution in [-0.2, 0) is 14.3 Å². The topological polar surface area (TPSA) is 63.6 Å². The SMILES string of the molecule is CC/C=C\C/C=C\C/C=C\C/C=C\C/C=C\CCCCCC(=O)OC(CCCCCCCCCCCCCCCC)CCCCC(=O)O. The highest BCUT2D eigenvalue weighted by Gasteiger charge is 2.14. The molecule has 1 unspecified atom stereocenters. The number of carbonyl (C=O) groups is 2. The second-order valence-electron chi connectivity index (χ2n) is 13.4. The van der Waals surface area contributed by atoms with Gasteiger partial charge in [0.1, 0.15) is 6.10 Å². The second kappa shape index (κ2) is 39.1. The van der Waals surface area contributed by atoms with Crippen LogP contribution in [-0.4, -0.2) is 23.1 Å². The lowest BCUT2D eigenvalue weighted by atomic mass is 10.0. The molecule has 0 spiro atoms. The molecule has 276 valence electrons. The number of esters is 1. The molecule has 0 heterocycles. The lowest BCUT2D eigenvalue weighted by Gasteiger charge is -2.18. The Labute approximate surface area is 297 Å². The van der Waals surface area contributed by atoms with Gasteiger partial charge >= 0.3 is 11.9 Å². The fraction of sp³-hybridized carbons (Fsp3) is 0.727. The van der Waals surface area contributed by atoms with E-state index in [9.17, 15) is 9.59 Å². The summed E-state index contributed by atoms with van der Waals surface area (Å²) in [4.78, 5) is 23.5. The highest BCUT2D eigenvalue weighted by molar-refractivity contribution is 5.69. The lowest BCUT2D eigenvalue weighted by molar-refractivity contribution is -0.150. The number of hydrogen-bond acceptors (Lipinski definition) is 3. The third-order valence-corrected chi connectivity index (χ3v) is 8.75. The Morgan fingerprint density at radius 1 is 0.479 bits per heavy atom. The number of hydrogen-bond donors (Lipinski definition) is 1. The molecule has 0 aromatic heterocycles. The zero-order valence-corrected chi connectivity index (χ0v) is 31.5. The maximum Gasteiger partial charge on any atom is 0.306 e. The largest absolute Gasteiger partial charge is 0.481 e. The third-order valence-electron chi connectivity index (χ3n) is 8.75. The van der Waals surface area contributed by atoms with Crippen LogP contribution in [0.15, 0.2) is 60.8 Å². The van der Waals surface area contributed by atoms with Crippen molar-refractivity contribution < 1.29 is 19.4 Å². The summed E-state index contributed by atoms with van der Waals surface area (Å²) in [5.41, 5.74) is 0. The Morgan fingerprint density at radius 2 is 0.875 bits per heavy atom. The Morgan fingerprint density at radius 3 is 1.35 bits per heavy atom. The van der Waals surface area contributed by atoms with Crippen LogP contribution in [0.5, 0.6) is 0 Å². The standard InChI is InChI=1S/C44H76O4/c1-3-5-7-9-11-13-15-17-19-20-21-22-23-25-27-29-31-33-35-41-44(47)48-42(39-36-37-40-43(45)46)38-34-32-30-28-26-24-18-16-14-12-10-8-6-4-2/h5,7,11,13,17,19,21-22,25,27,42H,3-4,6,8-10,12,14-16,18,20,23-24,26,28-41H2,1-2H3,(H,45,46)/b7-5-,13-11-,19-17-,22-21-,27-25-. The Bertz CT molecular complexity index is 850. The van der Waals surface area contributed by atoms with Crippen molar-refractivity contribution in [3.05, 3.63) is 60.8 Å². The van der Waals surface area contributed by atoms with Crippen LogP contribution in [0.2, 0.25) is 0 Å². The molecule has 0 aliphatic heterocycles. The molecule has 0 rings (SSSR count). The number of carboxylic acids is 1. The minimum absolute atomic E-state index is 0.0649. The van der Waals surface area contributed by atoms with Gasteiger partial charge in [-0.15, -0.1) is 0 Å². The normalized spacial score (nSPS) is 12.9. The third kappa shape index (κ3) is 38.1. The molecule has 48 heavy (non-hydrogen) atoms. The minimum atomic E-state index is -0.750. The van der Waals surface area contributed by atoms with Gasteiger partial charge in [0.2, 0.25) is 0 Å². The van der Waals surface area contributed by atoms with Gasteiger partial charge in [0.25, 0.3) is 0 Å². The Kier molecular flexibility index (Phi) is 37.2. The molecule has 0 saturated carbocycles. The lowest BCUT2D eigenvalue weighted by Crippen LogP contribution is -2.18. The molecule has 0 amide bonds. The Hall–Kier alpha value is -2.36. The molecule has 0 bridgehead atoms. The number of ether oxygens (including phenoxy) is 1. The van der Waals surface area contributed by atoms with Crippen LogP contribution in [0.4, 0.5) is 0 Å². The number of rotatable bonds is 36. The molecule has 4 heteroatoms. The molecule has 0 aromatic carbocycles. The van der Waals surface area contributed by atoms with Crippen molar-refractivity contribution in [3.63, 3.8) is 0 Å². The van der Waals surface area contributed by atoms with Gasteiger partial charge in [-0.1, -0.05) is 164 Å². The van der Waals surface area contributed by atoms with Crippen LogP contribution in [0.25, 0.3) is 0 Å². The maximum atomic E-state index is 12.6. The fourth-order valence-electron chi connectivity index (χ4n) is 5.80. The van der Waals surface area contributed by atoms with Crippen molar-refractivity contribution in [3.8, 4) is 0 Å². The van der Waals surface area contributed by atoms with Crippen LogP contribution < -0.4 is 0 Å². The summed E-state index contributed by atoms with van der Waals surface area (Å²) in [6.07, 6.45) is 53.8. The summed E-state index contributed by atoms with van der Waals surface area (Å²) >= 11 is 0. The van der Waals surface area contributed by atoms with E-state index in [1.807, 2.05) is 0 Å². The molecule has 0 saturated heterocycles. The molecule has 0 aromatic rings. The first-order valence-electron chi connectivity index (χ1n) is 20.3. The molecule has 0 radical (unpaired) electrons. The average molecular weight is 669 g/mol. The van der Waals surface area contributed by atoms with Gasteiger partial charge in [-0.2, -0.15) is 0 Å². The van der Waals surface area contributed by atoms with Crippen molar-refractivity contribution in [1.82, 2.24) is 0 Å². The van der Waals surface area contributed by atoms with E-state index >= 15 is 0 Å². The zero-order chi connectivity index (χ0) is 35.0. The molecular weight excluding hydrogens is 592 g/mol. The van der Waals surface area contributed by atoms with Crippen molar-refractivity contribution >= 4 is 11.9 Å². The van der Waals surface area contributed by atoms with Gasteiger partial charge in [-0.05, 0) is 83.5 Å². The highest BCUT2D eigenvalue weighted by Crippen LogP contribution is 2.18. The predicted octanol–water partition coefficient (Wildman–Crippen LogP) is 14.1. The molecule has 1 atom stereocenters. The first-order valence-corrected chi connectivity index (χ1v) is 20.3. The summed E-state index contributed by atoms with van der Waals surface area (Å²) in [6.45, 7) is 4.43. The fourth-order valence-corrected chi connectivity index (χ4v) is 5.80. The van der Waals surface area contributed by atoms with E-state index in [1.54, 1.807) is 0 Å². The van der Waals surface area contributed by atoms with E-state index in [-0.39, 0.29) is 18.5 Å². The van der Waals surface area contributed by atoms with E-state index in [2.05, 4.69) is 74.6 Å². The quantitative estimate of drug-likeness (QED) is 0.0410. The van der Waals surface area contributed by atoms with E-state index in [1.165, 1.54) is 83.5 Å². The highest BCUT2D eigenvalue weighted by atomic mass is 16.5. The van der Waals surface area contributed by atoms with Gasteiger partial charge in [-0.3, -0.25) is 9.59 Å². The van der Waals surface area contributed by atoms with Crippen molar-refractivity contribution in [1.29, 1.82) is 0 Å². The van der Waals surface area contributed by atoms with E-state index in [0.717, 1.165) is 83.5 Å². The molecule has 0 aliphatic rings. The van der Waals surface area contributed by atoms with Gasteiger partial charge in [0, 0.05) is 12.8 Å².